The Hall–Kier alpha value is -1.72. The van der Waals surface area contributed by atoms with Gasteiger partial charge in [-0.1, -0.05) is 0 Å². The molecule has 0 bridgehead atoms. The summed E-state index contributed by atoms with van der Waals surface area (Å²) in [4.78, 5) is 9.46. The van der Waals surface area contributed by atoms with Crippen LogP contribution in [0.2, 0.25) is 0 Å². The van der Waals surface area contributed by atoms with Crippen molar-refractivity contribution in [3.8, 4) is 0 Å². The first-order valence-electron chi connectivity index (χ1n) is 3.48. The monoisotopic (exact) mass is 164 g/mol. The van der Waals surface area contributed by atoms with Crippen LogP contribution in [0.5, 0.6) is 0 Å². The molecule has 2 rings (SSSR count). The number of nitrogens with two attached hydrogens (primary N) is 1. The summed E-state index contributed by atoms with van der Waals surface area (Å²) in [5.41, 5.74) is 6.71. The van der Waals surface area contributed by atoms with Crippen LogP contribution in [0.25, 0.3) is 11.2 Å². The lowest BCUT2D eigenvalue weighted by atomic mass is 10.5. The lowest BCUT2D eigenvalue weighted by Crippen LogP contribution is -1.96. The van der Waals surface area contributed by atoms with Crippen molar-refractivity contribution in [3.05, 3.63) is 5.82 Å². The van der Waals surface area contributed by atoms with Crippen molar-refractivity contribution < 1.29 is 0 Å². The summed E-state index contributed by atoms with van der Waals surface area (Å²) in [6.07, 6.45) is 0. The van der Waals surface area contributed by atoms with Crippen LogP contribution >= 0.6 is 0 Å². The number of aryl methyl sites for hydroxylation is 2. The molecule has 0 aromatic carbocycles. The molecule has 12 heavy (non-hydrogen) atoms. The highest BCUT2D eigenvalue weighted by atomic mass is 15.5. The topological polar surface area (TPSA) is 82.5 Å². The molecule has 0 fully saturated rings. The van der Waals surface area contributed by atoms with E-state index in [1.54, 1.807) is 14.0 Å². The van der Waals surface area contributed by atoms with Crippen molar-refractivity contribution in [3.63, 3.8) is 0 Å². The molecule has 0 aliphatic heterocycles. The van der Waals surface area contributed by atoms with E-state index >= 15 is 0 Å². The van der Waals surface area contributed by atoms with Gasteiger partial charge in [0.25, 0.3) is 0 Å². The Kier molecular flexibility index (Phi) is 1.24. The third-order valence-electron chi connectivity index (χ3n) is 1.49. The van der Waals surface area contributed by atoms with Gasteiger partial charge in [-0.3, -0.25) is 0 Å². The number of anilines is 1. The van der Waals surface area contributed by atoms with Gasteiger partial charge in [-0.15, -0.1) is 10.2 Å². The maximum absolute atomic E-state index is 5.60. The van der Waals surface area contributed by atoms with Gasteiger partial charge >= 0.3 is 0 Å². The normalized spacial score (nSPS) is 10.8. The molecule has 6 nitrogen and oxygen atoms in total. The van der Waals surface area contributed by atoms with Crippen LogP contribution < -0.4 is 5.73 Å². The first kappa shape index (κ1) is 6.96. The number of nitrogens with zero attached hydrogens (tertiary/aromatic N) is 5. The van der Waals surface area contributed by atoms with Gasteiger partial charge in [-0.25, -0.2) is 9.97 Å². The molecule has 2 heterocycles. The van der Waals surface area contributed by atoms with Gasteiger partial charge in [0.2, 0.25) is 5.65 Å². The standard InChI is InChI=1S/C6H8N6/c1-3-8-5(7)4-6(9-3)11-12(2)10-4/h1-2H3,(H2,7,8,9,11). The van der Waals surface area contributed by atoms with Gasteiger partial charge in [0.1, 0.15) is 5.82 Å². The third kappa shape index (κ3) is 0.884. The second-order valence-electron chi connectivity index (χ2n) is 2.52. The van der Waals surface area contributed by atoms with Crippen molar-refractivity contribution in [1.82, 2.24) is 25.0 Å². The smallest absolute Gasteiger partial charge is 0.207 e. The third-order valence-corrected chi connectivity index (χ3v) is 1.49. The molecule has 6 heteroatoms. The summed E-state index contributed by atoms with van der Waals surface area (Å²) in [5, 5.41) is 8.02. The van der Waals surface area contributed by atoms with Crippen molar-refractivity contribution in [2.75, 3.05) is 5.73 Å². The molecule has 2 aromatic heterocycles. The van der Waals surface area contributed by atoms with Gasteiger partial charge in [0, 0.05) is 7.05 Å². The van der Waals surface area contributed by atoms with Crippen LogP contribution in [0.4, 0.5) is 5.82 Å². The molecule has 0 aliphatic rings. The molecule has 0 radical (unpaired) electrons. The minimum Gasteiger partial charge on any atom is -0.382 e. The Labute approximate surface area is 68.4 Å². The Morgan fingerprint density at radius 3 is 2.75 bits per heavy atom. The highest BCUT2D eigenvalue weighted by Crippen LogP contribution is 2.11. The summed E-state index contributed by atoms with van der Waals surface area (Å²) < 4.78 is 0. The predicted molar refractivity (Wildman–Crippen MR) is 43.2 cm³/mol. The predicted octanol–water partition coefficient (Wildman–Crippen LogP) is -0.351. The van der Waals surface area contributed by atoms with E-state index in [9.17, 15) is 0 Å². The molecular weight excluding hydrogens is 156 g/mol. The summed E-state index contributed by atoms with van der Waals surface area (Å²) in [6, 6.07) is 0. The second kappa shape index (κ2) is 2.13. The SMILES string of the molecule is Cc1nc(N)c2nn(C)nc2n1. The van der Waals surface area contributed by atoms with E-state index in [1.165, 1.54) is 4.80 Å². The number of rotatable bonds is 0. The number of hydrogen-bond acceptors (Lipinski definition) is 5. The summed E-state index contributed by atoms with van der Waals surface area (Å²) in [5.74, 6) is 0.992. The minimum absolute atomic E-state index is 0.380. The van der Waals surface area contributed by atoms with Crippen LogP contribution in [0, 0.1) is 6.92 Å². The summed E-state index contributed by atoms with van der Waals surface area (Å²) in [6.45, 7) is 1.77. The fourth-order valence-corrected chi connectivity index (χ4v) is 1.04. The highest BCUT2D eigenvalue weighted by molar-refractivity contribution is 5.80. The zero-order valence-electron chi connectivity index (χ0n) is 6.81. The molecule has 2 N–H and O–H groups in total. The van der Waals surface area contributed by atoms with Gasteiger partial charge in [-0.05, 0) is 6.92 Å². The Balaban J connectivity index is 2.88. The number of fused-ring (bicyclic) bond motifs is 1. The average Bonchev–Trinajstić information content (AvgIpc) is 2.29. The average molecular weight is 164 g/mol. The fourth-order valence-electron chi connectivity index (χ4n) is 1.04. The van der Waals surface area contributed by atoms with Gasteiger partial charge < -0.3 is 5.73 Å². The van der Waals surface area contributed by atoms with E-state index in [0.717, 1.165) is 0 Å². The number of hydrogen-bond donors (Lipinski definition) is 1. The number of nitrogen functional groups attached to an aromatic ring is 1. The zero-order chi connectivity index (χ0) is 8.72. The van der Waals surface area contributed by atoms with E-state index in [4.69, 9.17) is 5.73 Å². The van der Waals surface area contributed by atoms with Crippen LogP contribution in [0.15, 0.2) is 0 Å². The van der Waals surface area contributed by atoms with Gasteiger partial charge in [0.05, 0.1) is 0 Å². The second-order valence-corrected chi connectivity index (χ2v) is 2.52. The molecule has 2 aromatic rings. The van der Waals surface area contributed by atoms with Gasteiger partial charge in [0.15, 0.2) is 11.3 Å². The molecule has 0 unspecified atom stereocenters. The fraction of sp³-hybridized carbons (Fsp3) is 0.333. The number of aromatic nitrogens is 5. The zero-order valence-corrected chi connectivity index (χ0v) is 6.81. The van der Waals surface area contributed by atoms with Crippen LogP contribution in [0.1, 0.15) is 5.82 Å². The lowest BCUT2D eigenvalue weighted by Gasteiger charge is -1.92. The maximum atomic E-state index is 5.60. The van der Waals surface area contributed by atoms with Crippen molar-refractivity contribution >= 4 is 17.0 Å². The quantitative estimate of drug-likeness (QED) is 0.575. The molecule has 0 amide bonds. The van der Waals surface area contributed by atoms with Crippen LogP contribution in [-0.2, 0) is 7.05 Å². The summed E-state index contributed by atoms with van der Waals surface area (Å²) in [7, 11) is 1.72. The Morgan fingerprint density at radius 2 is 2.00 bits per heavy atom. The van der Waals surface area contributed by atoms with E-state index in [2.05, 4.69) is 20.2 Å². The Bertz CT molecular complexity index is 431. The molecular formula is C6H8N6. The summed E-state index contributed by atoms with van der Waals surface area (Å²) >= 11 is 0. The highest BCUT2D eigenvalue weighted by Gasteiger charge is 2.06. The largest absolute Gasteiger partial charge is 0.382 e. The molecule has 0 saturated heterocycles. The minimum atomic E-state index is 0.380. The van der Waals surface area contributed by atoms with Crippen molar-refractivity contribution in [1.29, 1.82) is 0 Å². The van der Waals surface area contributed by atoms with Gasteiger partial charge in [-0.2, -0.15) is 4.80 Å². The van der Waals surface area contributed by atoms with E-state index in [0.29, 0.717) is 22.8 Å². The van der Waals surface area contributed by atoms with E-state index < -0.39 is 0 Å². The van der Waals surface area contributed by atoms with E-state index in [1.807, 2.05) is 0 Å². The molecule has 0 aliphatic carbocycles. The van der Waals surface area contributed by atoms with E-state index in [-0.39, 0.29) is 0 Å². The first-order valence-corrected chi connectivity index (χ1v) is 3.48. The van der Waals surface area contributed by atoms with Crippen LogP contribution in [-0.4, -0.2) is 25.0 Å². The first-order chi connectivity index (χ1) is 5.66. The molecule has 0 spiro atoms. The molecule has 0 atom stereocenters. The van der Waals surface area contributed by atoms with Crippen LogP contribution in [0.3, 0.4) is 0 Å². The molecule has 0 saturated carbocycles. The lowest BCUT2D eigenvalue weighted by molar-refractivity contribution is 0.663. The van der Waals surface area contributed by atoms with Crippen molar-refractivity contribution in [2.24, 2.45) is 7.05 Å². The Morgan fingerprint density at radius 1 is 1.25 bits per heavy atom. The van der Waals surface area contributed by atoms with Crippen molar-refractivity contribution in [2.45, 2.75) is 6.92 Å². The molecule has 62 valence electrons. The maximum Gasteiger partial charge on any atom is 0.207 e.